The normalized spacial score (nSPS) is 22.3. The van der Waals surface area contributed by atoms with E-state index >= 15 is 0 Å². The Hall–Kier alpha value is -1.36. The van der Waals surface area contributed by atoms with E-state index in [-0.39, 0.29) is 5.97 Å². The predicted molar refractivity (Wildman–Crippen MR) is 78.4 cm³/mol. The molecule has 1 aromatic rings. The van der Waals surface area contributed by atoms with Gasteiger partial charge >= 0.3 is 5.97 Å². The second-order valence-corrected chi connectivity index (χ2v) is 6.12. The van der Waals surface area contributed by atoms with E-state index in [1.165, 1.54) is 12.8 Å². The molecule has 1 aromatic heterocycles. The third kappa shape index (κ3) is 3.12. The van der Waals surface area contributed by atoms with Gasteiger partial charge in [0, 0.05) is 30.6 Å². The Bertz CT molecular complexity index is 514. The van der Waals surface area contributed by atoms with Gasteiger partial charge in [0.25, 0.3) is 0 Å². The van der Waals surface area contributed by atoms with Crippen LogP contribution in [0.2, 0.25) is 0 Å². The van der Waals surface area contributed by atoms with Gasteiger partial charge in [-0.2, -0.15) is 5.10 Å². The molecular weight excluding hydrogens is 268 g/mol. The molecule has 0 radical (unpaired) electrons. The number of hydrogen-bond acceptors (Lipinski definition) is 4. The van der Waals surface area contributed by atoms with Crippen LogP contribution in [-0.2, 0) is 16.0 Å². The largest absolute Gasteiger partial charge is 0.461 e. The van der Waals surface area contributed by atoms with Crippen molar-refractivity contribution >= 4 is 5.97 Å². The quantitative estimate of drug-likeness (QED) is 0.783. The van der Waals surface area contributed by atoms with Crippen LogP contribution in [0.25, 0.3) is 0 Å². The van der Waals surface area contributed by atoms with Gasteiger partial charge in [-0.05, 0) is 39.5 Å². The van der Waals surface area contributed by atoms with Crippen LogP contribution in [0.1, 0.15) is 60.3 Å². The smallest absolute Gasteiger partial charge is 0.356 e. The van der Waals surface area contributed by atoms with Gasteiger partial charge in [-0.25, -0.2) is 4.79 Å². The molecule has 0 amide bonds. The van der Waals surface area contributed by atoms with Crippen LogP contribution in [0.4, 0.5) is 0 Å². The topological polar surface area (TPSA) is 53.3 Å². The van der Waals surface area contributed by atoms with E-state index in [9.17, 15) is 4.79 Å². The van der Waals surface area contributed by atoms with Crippen LogP contribution in [0.5, 0.6) is 0 Å². The number of aromatic nitrogens is 2. The van der Waals surface area contributed by atoms with E-state index in [0.717, 1.165) is 43.9 Å². The molecule has 2 heterocycles. The van der Waals surface area contributed by atoms with Gasteiger partial charge in [-0.15, -0.1) is 0 Å². The van der Waals surface area contributed by atoms with Gasteiger partial charge in [0.2, 0.25) is 0 Å². The number of rotatable bonds is 5. The average Bonchev–Trinajstić information content (AvgIpc) is 3.26. The highest BCUT2D eigenvalue weighted by Crippen LogP contribution is 2.41. The lowest BCUT2D eigenvalue weighted by molar-refractivity contribution is 0.0427. The van der Waals surface area contributed by atoms with E-state index < -0.39 is 0 Å². The molecule has 5 heteroatoms. The van der Waals surface area contributed by atoms with Crippen molar-refractivity contribution in [3.05, 3.63) is 17.0 Å². The molecule has 3 rings (SSSR count). The Morgan fingerprint density at radius 3 is 2.86 bits per heavy atom. The number of hydrogen-bond donors (Lipinski definition) is 0. The molecule has 5 nitrogen and oxygen atoms in total. The summed E-state index contributed by atoms with van der Waals surface area (Å²) >= 11 is 0. The van der Waals surface area contributed by atoms with Crippen molar-refractivity contribution in [1.82, 2.24) is 9.78 Å². The van der Waals surface area contributed by atoms with Crippen molar-refractivity contribution in [2.24, 2.45) is 5.92 Å². The minimum atomic E-state index is -0.244. The number of nitrogens with zero attached hydrogens (tertiary/aromatic N) is 2. The molecule has 1 aliphatic heterocycles. The second-order valence-electron chi connectivity index (χ2n) is 6.12. The summed E-state index contributed by atoms with van der Waals surface area (Å²) in [6.07, 6.45) is 4.61. The summed E-state index contributed by atoms with van der Waals surface area (Å²) in [5.74, 6) is 0.742. The third-order valence-electron chi connectivity index (χ3n) is 4.34. The maximum absolute atomic E-state index is 12.3. The Kier molecular flexibility index (Phi) is 4.29. The zero-order chi connectivity index (χ0) is 14.8. The lowest BCUT2D eigenvalue weighted by Gasteiger charge is -2.22. The van der Waals surface area contributed by atoms with Crippen molar-refractivity contribution in [1.29, 1.82) is 0 Å². The van der Waals surface area contributed by atoms with Crippen molar-refractivity contribution in [3.8, 4) is 0 Å². The molecule has 2 aliphatic rings. The summed E-state index contributed by atoms with van der Waals surface area (Å²) in [6.45, 7) is 6.61. The van der Waals surface area contributed by atoms with E-state index in [1.807, 2.05) is 18.5 Å². The molecule has 1 unspecified atom stereocenters. The van der Waals surface area contributed by atoms with Crippen molar-refractivity contribution in [3.63, 3.8) is 0 Å². The van der Waals surface area contributed by atoms with Crippen LogP contribution >= 0.6 is 0 Å². The first-order chi connectivity index (χ1) is 10.2. The number of carbonyl (C=O) groups is 1. The Morgan fingerprint density at radius 1 is 1.43 bits per heavy atom. The molecule has 0 spiro atoms. The summed E-state index contributed by atoms with van der Waals surface area (Å²) in [7, 11) is 0. The molecular formula is C16H24N2O3. The average molecular weight is 292 g/mol. The molecule has 1 aliphatic carbocycles. The van der Waals surface area contributed by atoms with E-state index in [4.69, 9.17) is 14.6 Å². The molecule has 1 saturated carbocycles. The molecule has 1 atom stereocenters. The van der Waals surface area contributed by atoms with Crippen LogP contribution in [0.15, 0.2) is 0 Å². The Labute approximate surface area is 125 Å². The third-order valence-corrected chi connectivity index (χ3v) is 4.34. The minimum Gasteiger partial charge on any atom is -0.461 e. The minimum absolute atomic E-state index is 0.244. The highest BCUT2D eigenvalue weighted by molar-refractivity contribution is 5.89. The summed E-state index contributed by atoms with van der Waals surface area (Å²) in [6, 6.07) is 0. The number of ether oxygens (including phenoxy) is 2. The summed E-state index contributed by atoms with van der Waals surface area (Å²) < 4.78 is 12.6. The van der Waals surface area contributed by atoms with Gasteiger partial charge < -0.3 is 9.47 Å². The van der Waals surface area contributed by atoms with Gasteiger partial charge in [0.15, 0.2) is 0 Å². The Balaban J connectivity index is 1.85. The molecule has 21 heavy (non-hydrogen) atoms. The van der Waals surface area contributed by atoms with Gasteiger partial charge in [0.05, 0.1) is 18.9 Å². The first kappa shape index (κ1) is 14.6. The Morgan fingerprint density at radius 2 is 2.24 bits per heavy atom. The molecule has 1 saturated heterocycles. The van der Waals surface area contributed by atoms with Crippen LogP contribution < -0.4 is 0 Å². The monoisotopic (exact) mass is 292 g/mol. The van der Waals surface area contributed by atoms with Crippen LogP contribution in [0.3, 0.4) is 0 Å². The van der Waals surface area contributed by atoms with Gasteiger partial charge in [-0.1, -0.05) is 0 Å². The zero-order valence-electron chi connectivity index (χ0n) is 12.9. The fraction of sp³-hybridized carbons (Fsp3) is 0.750. The van der Waals surface area contributed by atoms with Crippen molar-refractivity contribution in [2.75, 3.05) is 19.8 Å². The first-order valence-corrected chi connectivity index (χ1v) is 8.02. The fourth-order valence-corrected chi connectivity index (χ4v) is 3.10. The van der Waals surface area contributed by atoms with E-state index in [1.54, 1.807) is 0 Å². The number of carbonyl (C=O) groups excluding carboxylic acids is 1. The maximum Gasteiger partial charge on any atom is 0.356 e. The first-order valence-electron chi connectivity index (χ1n) is 8.02. The van der Waals surface area contributed by atoms with E-state index in [2.05, 4.69) is 0 Å². The molecule has 2 fully saturated rings. The predicted octanol–water partition coefficient (Wildman–Crippen LogP) is 2.67. The lowest BCUT2D eigenvalue weighted by Crippen LogP contribution is -2.25. The van der Waals surface area contributed by atoms with Crippen LogP contribution in [0, 0.1) is 12.8 Å². The molecule has 116 valence electrons. The highest BCUT2D eigenvalue weighted by atomic mass is 16.5. The van der Waals surface area contributed by atoms with Crippen LogP contribution in [-0.4, -0.2) is 35.6 Å². The summed E-state index contributed by atoms with van der Waals surface area (Å²) in [5.41, 5.74) is 2.74. The fourth-order valence-electron chi connectivity index (χ4n) is 3.10. The lowest BCUT2D eigenvalue weighted by atomic mass is 10.0. The van der Waals surface area contributed by atoms with Gasteiger partial charge in [-0.3, -0.25) is 4.68 Å². The zero-order valence-corrected chi connectivity index (χ0v) is 12.9. The highest BCUT2D eigenvalue weighted by Gasteiger charge is 2.33. The molecule has 0 N–H and O–H groups in total. The SMILES string of the molecule is CCOC(=O)c1c(C)c(C2CC2)nn1CC1CCCOC1. The van der Waals surface area contributed by atoms with E-state index in [0.29, 0.717) is 24.1 Å². The molecule has 0 bridgehead atoms. The van der Waals surface area contributed by atoms with Crippen molar-refractivity contribution < 1.29 is 14.3 Å². The number of esters is 1. The van der Waals surface area contributed by atoms with Crippen molar-refractivity contribution in [2.45, 2.75) is 52.0 Å². The van der Waals surface area contributed by atoms with Gasteiger partial charge in [0.1, 0.15) is 5.69 Å². The summed E-state index contributed by atoms with van der Waals surface area (Å²) in [4.78, 5) is 12.3. The standard InChI is InChI=1S/C16H24N2O3/c1-3-21-16(19)15-11(2)14(13-6-7-13)17-18(15)9-12-5-4-8-20-10-12/h12-13H,3-10H2,1-2H3. The molecule has 0 aromatic carbocycles. The summed E-state index contributed by atoms with van der Waals surface area (Å²) in [5, 5.41) is 4.73. The maximum atomic E-state index is 12.3. The second kappa shape index (κ2) is 6.18.